The fraction of sp³-hybridized carbons (Fsp3) is 0.370. The number of amides is 1. The van der Waals surface area contributed by atoms with Crippen LogP contribution in [0.1, 0.15) is 72.0 Å². The van der Waals surface area contributed by atoms with Gasteiger partial charge in [0, 0.05) is 24.9 Å². The monoisotopic (exact) mass is 416 g/mol. The summed E-state index contributed by atoms with van der Waals surface area (Å²) in [5, 5.41) is 10.1. The quantitative estimate of drug-likeness (QED) is 0.394. The zero-order valence-electron chi connectivity index (χ0n) is 18.2. The van der Waals surface area contributed by atoms with Gasteiger partial charge in [-0.15, -0.1) is 0 Å². The van der Waals surface area contributed by atoms with Crippen LogP contribution in [0.15, 0.2) is 54.1 Å². The summed E-state index contributed by atoms with van der Waals surface area (Å²) < 4.78 is 0. The SMILES string of the molecule is N=CCCCCc1ccc(CCNC(=O)c2ccc(C=C3CCC(=O)CC3)cc2)cc1. The molecule has 4 nitrogen and oxygen atoms in total. The third-order valence-corrected chi connectivity index (χ3v) is 5.78. The molecule has 0 saturated heterocycles. The molecule has 1 aliphatic carbocycles. The number of allylic oxidation sites excluding steroid dienone is 1. The maximum Gasteiger partial charge on any atom is 0.251 e. The lowest BCUT2D eigenvalue weighted by atomic mass is 9.92. The molecule has 0 aromatic heterocycles. The highest BCUT2D eigenvalue weighted by molar-refractivity contribution is 5.94. The summed E-state index contributed by atoms with van der Waals surface area (Å²) in [5.74, 6) is 0.306. The van der Waals surface area contributed by atoms with E-state index in [0.29, 0.717) is 30.7 Å². The number of benzene rings is 2. The molecular formula is C27H32N2O2. The van der Waals surface area contributed by atoms with E-state index >= 15 is 0 Å². The summed E-state index contributed by atoms with van der Waals surface area (Å²) in [5.41, 5.74) is 5.61. The number of hydrogen-bond acceptors (Lipinski definition) is 3. The first kappa shape index (κ1) is 22.7. The van der Waals surface area contributed by atoms with Gasteiger partial charge in [0.1, 0.15) is 5.78 Å². The van der Waals surface area contributed by atoms with Crippen molar-refractivity contribution in [1.82, 2.24) is 5.32 Å². The molecule has 2 aromatic rings. The molecular weight excluding hydrogens is 384 g/mol. The Morgan fingerprint density at radius 2 is 1.52 bits per heavy atom. The fourth-order valence-corrected chi connectivity index (χ4v) is 3.83. The third kappa shape index (κ3) is 7.63. The number of hydrogen-bond donors (Lipinski definition) is 2. The molecule has 0 aliphatic heterocycles. The molecule has 0 radical (unpaired) electrons. The summed E-state index contributed by atoms with van der Waals surface area (Å²) in [7, 11) is 0. The highest BCUT2D eigenvalue weighted by atomic mass is 16.1. The number of rotatable bonds is 10. The molecule has 0 bridgehead atoms. The van der Waals surface area contributed by atoms with Crippen LogP contribution < -0.4 is 5.32 Å². The number of carbonyl (C=O) groups is 2. The molecule has 31 heavy (non-hydrogen) atoms. The average molecular weight is 417 g/mol. The normalized spacial score (nSPS) is 13.7. The van der Waals surface area contributed by atoms with E-state index in [1.165, 1.54) is 22.9 Å². The van der Waals surface area contributed by atoms with Crippen LogP contribution >= 0.6 is 0 Å². The smallest absolute Gasteiger partial charge is 0.251 e. The molecule has 2 N–H and O–H groups in total. The van der Waals surface area contributed by atoms with Crippen molar-refractivity contribution in [2.24, 2.45) is 0 Å². The van der Waals surface area contributed by atoms with E-state index in [2.05, 4.69) is 35.7 Å². The van der Waals surface area contributed by atoms with Crippen molar-refractivity contribution in [1.29, 1.82) is 5.41 Å². The second-order valence-electron chi connectivity index (χ2n) is 8.24. The van der Waals surface area contributed by atoms with Gasteiger partial charge in [-0.2, -0.15) is 0 Å². The van der Waals surface area contributed by atoms with E-state index in [1.807, 2.05) is 24.3 Å². The fourth-order valence-electron chi connectivity index (χ4n) is 3.83. The van der Waals surface area contributed by atoms with Crippen LogP contribution in [-0.2, 0) is 17.6 Å². The molecule has 2 aromatic carbocycles. The van der Waals surface area contributed by atoms with E-state index < -0.39 is 0 Å². The molecule has 0 atom stereocenters. The Morgan fingerprint density at radius 1 is 0.871 bits per heavy atom. The molecule has 0 unspecified atom stereocenters. The van der Waals surface area contributed by atoms with Crippen LogP contribution in [0, 0.1) is 5.41 Å². The van der Waals surface area contributed by atoms with E-state index in [1.54, 1.807) is 0 Å². The zero-order chi connectivity index (χ0) is 21.9. The first-order valence-corrected chi connectivity index (χ1v) is 11.3. The minimum atomic E-state index is -0.0507. The minimum Gasteiger partial charge on any atom is -0.352 e. The molecule has 1 amide bonds. The summed E-state index contributed by atoms with van der Waals surface area (Å²) in [6.45, 7) is 0.608. The lowest BCUT2D eigenvalue weighted by molar-refractivity contribution is -0.119. The topological polar surface area (TPSA) is 70.0 Å². The standard InChI is InChI=1S/C27H32N2O2/c28-18-3-1-2-4-21-5-7-22(8-6-21)17-19-29-27(31)25-13-9-23(10-14-25)20-24-11-15-26(30)16-12-24/h5-10,13-14,18,20,28H,1-4,11-12,15-17,19H2,(H,29,31). The summed E-state index contributed by atoms with van der Waals surface area (Å²) in [6, 6.07) is 16.3. The number of unbranched alkanes of at least 4 members (excludes halogenated alkanes) is 2. The predicted octanol–water partition coefficient (Wildman–Crippen LogP) is 5.55. The van der Waals surface area contributed by atoms with Crippen LogP contribution in [0.2, 0.25) is 0 Å². The van der Waals surface area contributed by atoms with Crippen molar-refractivity contribution >= 4 is 24.0 Å². The van der Waals surface area contributed by atoms with Crippen LogP contribution in [0.5, 0.6) is 0 Å². The molecule has 1 saturated carbocycles. The number of Topliss-reactive ketones (excluding diaryl/α,β-unsaturated/α-hetero) is 1. The van der Waals surface area contributed by atoms with Crippen LogP contribution in [0.4, 0.5) is 0 Å². The maximum absolute atomic E-state index is 12.4. The third-order valence-electron chi connectivity index (χ3n) is 5.78. The van der Waals surface area contributed by atoms with Gasteiger partial charge in [0.15, 0.2) is 0 Å². The summed E-state index contributed by atoms with van der Waals surface area (Å²) in [4.78, 5) is 23.8. The molecule has 162 valence electrons. The van der Waals surface area contributed by atoms with Crippen molar-refractivity contribution in [3.05, 3.63) is 76.4 Å². The van der Waals surface area contributed by atoms with E-state index in [9.17, 15) is 9.59 Å². The van der Waals surface area contributed by atoms with Gasteiger partial charge in [-0.25, -0.2) is 0 Å². The minimum absolute atomic E-state index is 0.0507. The summed E-state index contributed by atoms with van der Waals surface area (Å²) in [6.07, 6.45) is 11.5. The van der Waals surface area contributed by atoms with Crippen molar-refractivity contribution in [3.8, 4) is 0 Å². The van der Waals surface area contributed by atoms with E-state index in [0.717, 1.165) is 50.5 Å². The summed E-state index contributed by atoms with van der Waals surface area (Å²) >= 11 is 0. The Kier molecular flexibility index (Phi) is 8.77. The average Bonchev–Trinajstić information content (AvgIpc) is 2.80. The van der Waals surface area contributed by atoms with Gasteiger partial charge in [-0.1, -0.05) is 48.0 Å². The maximum atomic E-state index is 12.4. The predicted molar refractivity (Wildman–Crippen MR) is 127 cm³/mol. The first-order chi connectivity index (χ1) is 15.1. The van der Waals surface area contributed by atoms with Crippen LogP contribution in [0.3, 0.4) is 0 Å². The molecule has 1 aliphatic rings. The van der Waals surface area contributed by atoms with Gasteiger partial charge < -0.3 is 10.7 Å². The van der Waals surface area contributed by atoms with Crippen molar-refractivity contribution in [2.75, 3.05) is 6.54 Å². The van der Waals surface area contributed by atoms with E-state index in [4.69, 9.17) is 5.41 Å². The molecule has 1 fully saturated rings. The highest BCUT2D eigenvalue weighted by Gasteiger charge is 2.12. The highest BCUT2D eigenvalue weighted by Crippen LogP contribution is 2.23. The molecule has 3 rings (SSSR count). The Labute approximate surface area is 185 Å². The van der Waals surface area contributed by atoms with Crippen molar-refractivity contribution in [3.63, 3.8) is 0 Å². The van der Waals surface area contributed by atoms with Gasteiger partial charge in [0.05, 0.1) is 0 Å². The Morgan fingerprint density at radius 3 is 2.16 bits per heavy atom. The Bertz CT molecular complexity index is 899. The van der Waals surface area contributed by atoms with Crippen LogP contribution in [-0.4, -0.2) is 24.4 Å². The zero-order valence-corrected chi connectivity index (χ0v) is 18.2. The molecule has 0 spiro atoms. The lowest BCUT2D eigenvalue weighted by Gasteiger charge is -2.12. The van der Waals surface area contributed by atoms with Crippen molar-refractivity contribution < 1.29 is 9.59 Å². The molecule has 4 heteroatoms. The van der Waals surface area contributed by atoms with Gasteiger partial charge >= 0.3 is 0 Å². The molecule has 0 heterocycles. The Balaban J connectivity index is 1.41. The number of aryl methyl sites for hydroxylation is 1. The second kappa shape index (κ2) is 12.0. The van der Waals surface area contributed by atoms with Crippen LogP contribution in [0.25, 0.3) is 6.08 Å². The van der Waals surface area contributed by atoms with Crippen molar-refractivity contribution in [2.45, 2.75) is 57.8 Å². The Hall–Kier alpha value is -3.01. The number of nitrogens with one attached hydrogen (secondary N) is 2. The second-order valence-corrected chi connectivity index (χ2v) is 8.24. The largest absolute Gasteiger partial charge is 0.352 e. The van der Waals surface area contributed by atoms with Gasteiger partial charge in [-0.05, 0) is 80.0 Å². The van der Waals surface area contributed by atoms with Gasteiger partial charge in [0.2, 0.25) is 0 Å². The number of ketones is 1. The van der Waals surface area contributed by atoms with E-state index in [-0.39, 0.29) is 5.91 Å². The lowest BCUT2D eigenvalue weighted by Crippen LogP contribution is -2.25. The number of carbonyl (C=O) groups excluding carboxylic acids is 2. The van der Waals surface area contributed by atoms with Gasteiger partial charge in [0.25, 0.3) is 5.91 Å². The first-order valence-electron chi connectivity index (χ1n) is 11.3. The van der Waals surface area contributed by atoms with Gasteiger partial charge in [-0.3, -0.25) is 9.59 Å².